The summed E-state index contributed by atoms with van der Waals surface area (Å²) < 4.78 is 12.0. The van der Waals surface area contributed by atoms with Crippen molar-refractivity contribution in [2.75, 3.05) is 20.7 Å². The number of furan rings is 1. The zero-order valence-electron chi connectivity index (χ0n) is 16.0. The molecule has 3 fully saturated rings. The van der Waals surface area contributed by atoms with Crippen molar-refractivity contribution in [3.63, 3.8) is 0 Å². The summed E-state index contributed by atoms with van der Waals surface area (Å²) in [6.45, 7) is 1.63. The van der Waals surface area contributed by atoms with E-state index in [0.717, 1.165) is 29.3 Å². The van der Waals surface area contributed by atoms with Gasteiger partial charge in [0, 0.05) is 43.5 Å². The summed E-state index contributed by atoms with van der Waals surface area (Å²) in [5.41, 5.74) is 1.30. The summed E-state index contributed by atoms with van der Waals surface area (Å²) in [7, 11) is 3.95. The predicted octanol–water partition coefficient (Wildman–Crippen LogP) is 4.02. The van der Waals surface area contributed by atoms with Gasteiger partial charge in [0.05, 0.1) is 12.6 Å². The van der Waals surface area contributed by atoms with Crippen LogP contribution in [-0.4, -0.2) is 43.7 Å². The monoisotopic (exact) mass is 481 g/mol. The fourth-order valence-electron chi connectivity index (χ4n) is 5.36. The fourth-order valence-corrected chi connectivity index (χ4v) is 5.36. The van der Waals surface area contributed by atoms with Crippen molar-refractivity contribution in [2.24, 2.45) is 16.3 Å². The van der Waals surface area contributed by atoms with Gasteiger partial charge in [-0.15, -0.1) is 24.0 Å². The molecule has 6 heteroatoms. The summed E-state index contributed by atoms with van der Waals surface area (Å²) in [5, 5.41) is 4.93. The molecule has 0 radical (unpaired) electrons. The minimum atomic E-state index is 0. The van der Waals surface area contributed by atoms with Crippen LogP contribution in [0.25, 0.3) is 11.0 Å². The molecule has 1 aromatic carbocycles. The first-order valence-electron chi connectivity index (χ1n) is 9.75. The Bertz CT molecular complexity index is 812. The number of fused-ring (bicyclic) bond motifs is 3. The highest BCUT2D eigenvalue weighted by Crippen LogP contribution is 2.62. The van der Waals surface area contributed by atoms with Gasteiger partial charge < -0.3 is 19.4 Å². The van der Waals surface area contributed by atoms with Crippen LogP contribution in [0.2, 0.25) is 0 Å². The van der Waals surface area contributed by atoms with Crippen LogP contribution in [0, 0.1) is 11.3 Å². The zero-order chi connectivity index (χ0) is 17.7. The lowest BCUT2D eigenvalue weighted by atomic mass is 9.46. The van der Waals surface area contributed by atoms with Crippen molar-refractivity contribution in [3.8, 4) is 0 Å². The van der Waals surface area contributed by atoms with Gasteiger partial charge in [-0.1, -0.05) is 24.6 Å². The number of nitrogens with one attached hydrogen (secondary N) is 1. The number of halogens is 1. The number of ether oxygens (including phenoxy) is 1. The molecule has 1 saturated heterocycles. The molecule has 2 aliphatic carbocycles. The Morgan fingerprint density at radius 3 is 2.85 bits per heavy atom. The first-order valence-corrected chi connectivity index (χ1v) is 9.75. The van der Waals surface area contributed by atoms with Crippen LogP contribution in [0.1, 0.15) is 31.4 Å². The first-order chi connectivity index (χ1) is 12.7. The van der Waals surface area contributed by atoms with Crippen LogP contribution in [0.15, 0.2) is 39.7 Å². The van der Waals surface area contributed by atoms with Crippen LogP contribution in [0.3, 0.4) is 0 Å². The standard InChI is InChI=1S/C21H27N3O2.HI/c1-22-20(23-18-16-8-11-25-19(16)21(18)9-5-10-21)24(2)13-15-12-14-6-3-4-7-17(14)26-15;/h3-4,6-7,12,16,18-19H,5,8-11,13H2,1-2H3,(H,22,23);1H. The van der Waals surface area contributed by atoms with Gasteiger partial charge >= 0.3 is 0 Å². The second-order valence-corrected chi connectivity index (χ2v) is 8.11. The predicted molar refractivity (Wildman–Crippen MR) is 118 cm³/mol. The zero-order valence-corrected chi connectivity index (χ0v) is 18.3. The summed E-state index contributed by atoms with van der Waals surface area (Å²) >= 11 is 0. The number of para-hydroxylation sites is 1. The summed E-state index contributed by atoms with van der Waals surface area (Å²) in [6.07, 6.45) is 5.56. The highest BCUT2D eigenvalue weighted by molar-refractivity contribution is 14.0. The van der Waals surface area contributed by atoms with Gasteiger partial charge in [0.15, 0.2) is 5.96 Å². The molecule has 0 amide bonds. The van der Waals surface area contributed by atoms with E-state index in [1.54, 1.807) is 0 Å². The second-order valence-electron chi connectivity index (χ2n) is 8.11. The smallest absolute Gasteiger partial charge is 0.194 e. The van der Waals surface area contributed by atoms with Crippen molar-refractivity contribution in [1.82, 2.24) is 10.2 Å². The van der Waals surface area contributed by atoms with Crippen molar-refractivity contribution < 1.29 is 9.15 Å². The van der Waals surface area contributed by atoms with Gasteiger partial charge in [-0.2, -0.15) is 0 Å². The number of benzene rings is 1. The van der Waals surface area contributed by atoms with Crippen LogP contribution < -0.4 is 5.32 Å². The molecule has 2 aromatic rings. The van der Waals surface area contributed by atoms with E-state index in [1.165, 1.54) is 25.7 Å². The second kappa shape index (κ2) is 7.28. The van der Waals surface area contributed by atoms with Crippen LogP contribution in [0.4, 0.5) is 0 Å². The molecule has 1 spiro atoms. The number of aliphatic imine (C=N–C) groups is 1. The van der Waals surface area contributed by atoms with E-state index in [4.69, 9.17) is 9.15 Å². The maximum atomic E-state index is 6.04. The normalized spacial score (nSPS) is 28.2. The van der Waals surface area contributed by atoms with Crippen molar-refractivity contribution >= 4 is 40.9 Å². The van der Waals surface area contributed by atoms with Gasteiger partial charge in [-0.3, -0.25) is 4.99 Å². The molecular weight excluding hydrogens is 453 g/mol. The third-order valence-corrected chi connectivity index (χ3v) is 6.76. The lowest BCUT2D eigenvalue weighted by molar-refractivity contribution is -0.171. The molecule has 2 saturated carbocycles. The number of nitrogens with zero attached hydrogens (tertiary/aromatic N) is 2. The Morgan fingerprint density at radius 1 is 1.33 bits per heavy atom. The fraction of sp³-hybridized carbons (Fsp3) is 0.571. The maximum Gasteiger partial charge on any atom is 0.194 e. The van der Waals surface area contributed by atoms with E-state index in [0.29, 0.717) is 30.0 Å². The average Bonchev–Trinajstić information content (AvgIpc) is 3.18. The van der Waals surface area contributed by atoms with E-state index in [2.05, 4.69) is 34.4 Å². The lowest BCUT2D eigenvalue weighted by Crippen LogP contribution is -2.72. The van der Waals surface area contributed by atoms with Crippen molar-refractivity contribution in [1.29, 1.82) is 0 Å². The molecule has 1 N–H and O–H groups in total. The van der Waals surface area contributed by atoms with Crippen LogP contribution >= 0.6 is 24.0 Å². The molecule has 27 heavy (non-hydrogen) atoms. The number of guanidine groups is 1. The highest BCUT2D eigenvalue weighted by atomic mass is 127. The van der Waals surface area contributed by atoms with Gasteiger partial charge in [0.25, 0.3) is 0 Å². The number of rotatable bonds is 3. The molecule has 3 unspecified atom stereocenters. The molecule has 5 rings (SSSR count). The highest BCUT2D eigenvalue weighted by Gasteiger charge is 2.66. The Morgan fingerprint density at radius 2 is 2.15 bits per heavy atom. The van der Waals surface area contributed by atoms with Crippen molar-refractivity contribution in [2.45, 2.75) is 44.4 Å². The van der Waals surface area contributed by atoms with Gasteiger partial charge in [0.1, 0.15) is 11.3 Å². The molecule has 2 heterocycles. The molecular formula is C21H28IN3O2. The molecule has 0 bridgehead atoms. The average molecular weight is 481 g/mol. The van der Waals surface area contributed by atoms with Gasteiger partial charge in [-0.25, -0.2) is 0 Å². The van der Waals surface area contributed by atoms with E-state index in [1.807, 2.05) is 25.2 Å². The Hall–Kier alpha value is -1.28. The third kappa shape index (κ3) is 2.95. The molecule has 1 aromatic heterocycles. The van der Waals surface area contributed by atoms with E-state index in [9.17, 15) is 0 Å². The van der Waals surface area contributed by atoms with Crippen LogP contribution in [0.5, 0.6) is 0 Å². The number of hydrogen-bond donors (Lipinski definition) is 1. The summed E-state index contributed by atoms with van der Waals surface area (Å²) in [6, 6.07) is 10.8. The van der Waals surface area contributed by atoms with Crippen molar-refractivity contribution in [3.05, 3.63) is 36.1 Å². The first kappa shape index (κ1) is 19.1. The third-order valence-electron chi connectivity index (χ3n) is 6.76. The largest absolute Gasteiger partial charge is 0.459 e. The van der Waals surface area contributed by atoms with E-state index in [-0.39, 0.29) is 24.0 Å². The summed E-state index contributed by atoms with van der Waals surface area (Å²) in [5.74, 6) is 2.56. The molecule has 1 aliphatic heterocycles. The number of hydrogen-bond acceptors (Lipinski definition) is 3. The van der Waals surface area contributed by atoms with Gasteiger partial charge in [-0.05, 0) is 31.4 Å². The Labute approximate surface area is 177 Å². The topological polar surface area (TPSA) is 50.0 Å². The Balaban J connectivity index is 0.00000180. The van der Waals surface area contributed by atoms with E-state index < -0.39 is 0 Å². The van der Waals surface area contributed by atoms with Gasteiger partial charge in [0.2, 0.25) is 0 Å². The SMILES string of the molecule is CN=C(NC1C2CCOC2C12CCC2)N(C)Cc1cc2ccccc2o1.I. The minimum absolute atomic E-state index is 0. The van der Waals surface area contributed by atoms with E-state index >= 15 is 0 Å². The Kier molecular flexibility index (Phi) is 5.14. The molecule has 146 valence electrons. The molecule has 3 aliphatic rings. The minimum Gasteiger partial charge on any atom is -0.459 e. The summed E-state index contributed by atoms with van der Waals surface area (Å²) in [4.78, 5) is 6.71. The maximum absolute atomic E-state index is 6.04. The lowest BCUT2D eigenvalue weighted by Gasteiger charge is -2.63. The quantitative estimate of drug-likeness (QED) is 0.409. The molecule has 5 nitrogen and oxygen atoms in total. The molecule has 3 atom stereocenters. The van der Waals surface area contributed by atoms with Crippen LogP contribution in [-0.2, 0) is 11.3 Å².